The molecule has 0 aliphatic carbocycles. The van der Waals surface area contributed by atoms with Crippen molar-refractivity contribution < 1.29 is 26.3 Å². The van der Waals surface area contributed by atoms with Crippen LogP contribution < -0.4 is 16.4 Å². The molecule has 2 aromatic rings. The molecule has 0 fully saturated rings. The number of thiocarbonyl (C=S) groups is 1. The molecule has 27 heavy (non-hydrogen) atoms. The molecule has 10 heteroatoms. The summed E-state index contributed by atoms with van der Waals surface area (Å²) in [4.78, 5) is 0. The SMILES string of the molecule is Nc1ccc(NC(=S)NCCc2cc(C(F)(F)F)cc(C(F)(F)F)c2)cc1. The molecule has 146 valence electrons. The third-order valence-electron chi connectivity index (χ3n) is 3.52. The predicted molar refractivity (Wildman–Crippen MR) is 95.2 cm³/mol. The fourth-order valence-corrected chi connectivity index (χ4v) is 2.45. The number of alkyl halides is 6. The average molecular weight is 407 g/mol. The van der Waals surface area contributed by atoms with Crippen LogP contribution >= 0.6 is 12.2 Å². The maximum absolute atomic E-state index is 12.8. The summed E-state index contributed by atoms with van der Waals surface area (Å²) in [5.74, 6) is 0. The molecule has 0 bridgehead atoms. The lowest BCUT2D eigenvalue weighted by Gasteiger charge is -2.15. The number of hydrogen-bond donors (Lipinski definition) is 3. The normalized spacial score (nSPS) is 11.9. The Balaban J connectivity index is 2.02. The predicted octanol–water partition coefficient (Wildman–Crippen LogP) is 4.84. The molecule has 0 atom stereocenters. The molecular formula is C17H15F6N3S. The largest absolute Gasteiger partial charge is 0.416 e. The first-order chi connectivity index (χ1) is 12.4. The molecule has 2 aromatic carbocycles. The van der Waals surface area contributed by atoms with Gasteiger partial charge in [0.1, 0.15) is 0 Å². The molecule has 0 radical (unpaired) electrons. The first kappa shape index (κ1) is 20.8. The molecular weight excluding hydrogens is 392 g/mol. The average Bonchev–Trinajstić information content (AvgIpc) is 2.55. The first-order valence-corrected chi connectivity index (χ1v) is 8.05. The number of halogens is 6. The van der Waals surface area contributed by atoms with E-state index < -0.39 is 23.5 Å². The summed E-state index contributed by atoms with van der Waals surface area (Å²) in [6.07, 6.45) is -9.80. The van der Waals surface area contributed by atoms with Crippen molar-refractivity contribution in [3.8, 4) is 0 Å². The molecule has 4 N–H and O–H groups in total. The highest BCUT2D eigenvalue weighted by atomic mass is 32.1. The summed E-state index contributed by atoms with van der Waals surface area (Å²) in [7, 11) is 0. The van der Waals surface area contributed by atoms with Crippen LogP contribution in [0.4, 0.5) is 37.7 Å². The third-order valence-corrected chi connectivity index (χ3v) is 3.76. The molecule has 0 aromatic heterocycles. The van der Waals surface area contributed by atoms with Gasteiger partial charge in [0.2, 0.25) is 0 Å². The molecule has 0 aliphatic heterocycles. The van der Waals surface area contributed by atoms with Crippen molar-refractivity contribution in [2.45, 2.75) is 18.8 Å². The van der Waals surface area contributed by atoms with Gasteiger partial charge in [0.05, 0.1) is 11.1 Å². The lowest BCUT2D eigenvalue weighted by Crippen LogP contribution is -2.30. The Bertz CT molecular complexity index is 768. The molecule has 0 amide bonds. The van der Waals surface area contributed by atoms with Crippen molar-refractivity contribution in [3.05, 3.63) is 59.2 Å². The Morgan fingerprint density at radius 2 is 1.41 bits per heavy atom. The number of nitrogen functional groups attached to an aromatic ring is 1. The minimum Gasteiger partial charge on any atom is -0.399 e. The van der Waals surface area contributed by atoms with Crippen molar-refractivity contribution in [1.82, 2.24) is 5.32 Å². The number of benzene rings is 2. The second-order valence-corrected chi connectivity index (χ2v) is 6.08. The van der Waals surface area contributed by atoms with Crippen LogP contribution in [-0.2, 0) is 18.8 Å². The van der Waals surface area contributed by atoms with Crippen LogP contribution in [0.25, 0.3) is 0 Å². The van der Waals surface area contributed by atoms with E-state index in [2.05, 4.69) is 10.6 Å². The molecule has 0 aliphatic rings. The lowest BCUT2D eigenvalue weighted by atomic mass is 10.0. The van der Waals surface area contributed by atoms with Crippen molar-refractivity contribution >= 4 is 28.7 Å². The molecule has 0 spiro atoms. The smallest absolute Gasteiger partial charge is 0.399 e. The van der Waals surface area contributed by atoms with E-state index in [-0.39, 0.29) is 29.7 Å². The zero-order valence-corrected chi connectivity index (χ0v) is 14.5. The van der Waals surface area contributed by atoms with Gasteiger partial charge in [-0.05, 0) is 66.7 Å². The van der Waals surface area contributed by atoms with Crippen LogP contribution in [0, 0.1) is 0 Å². The van der Waals surface area contributed by atoms with E-state index in [1.165, 1.54) is 0 Å². The van der Waals surface area contributed by atoms with Crippen molar-refractivity contribution in [2.75, 3.05) is 17.6 Å². The molecule has 0 saturated carbocycles. The van der Waals surface area contributed by atoms with E-state index in [4.69, 9.17) is 18.0 Å². The molecule has 2 rings (SSSR count). The number of anilines is 2. The van der Waals surface area contributed by atoms with E-state index in [0.717, 1.165) is 0 Å². The summed E-state index contributed by atoms with van der Waals surface area (Å²) in [6.45, 7) is 0.0550. The number of rotatable bonds is 4. The van der Waals surface area contributed by atoms with Gasteiger partial charge in [0.15, 0.2) is 5.11 Å². The second-order valence-electron chi connectivity index (χ2n) is 5.67. The Hall–Kier alpha value is -2.49. The minimum absolute atomic E-state index is 0.0550. The Labute approximate surface area is 156 Å². The van der Waals surface area contributed by atoms with Crippen LogP contribution in [0.5, 0.6) is 0 Å². The minimum atomic E-state index is -4.87. The van der Waals surface area contributed by atoms with Gasteiger partial charge in [0, 0.05) is 17.9 Å². The lowest BCUT2D eigenvalue weighted by molar-refractivity contribution is -0.143. The third kappa shape index (κ3) is 6.31. The maximum atomic E-state index is 12.8. The zero-order valence-electron chi connectivity index (χ0n) is 13.7. The summed E-state index contributed by atoms with van der Waals surface area (Å²) in [5.41, 5.74) is 3.98. The van der Waals surface area contributed by atoms with Gasteiger partial charge in [-0.15, -0.1) is 0 Å². The number of nitrogens with one attached hydrogen (secondary N) is 2. The van der Waals surface area contributed by atoms with E-state index >= 15 is 0 Å². The highest BCUT2D eigenvalue weighted by Crippen LogP contribution is 2.36. The van der Waals surface area contributed by atoms with Gasteiger partial charge in [0.25, 0.3) is 0 Å². The van der Waals surface area contributed by atoms with Gasteiger partial charge >= 0.3 is 12.4 Å². The Morgan fingerprint density at radius 3 is 1.89 bits per heavy atom. The van der Waals surface area contributed by atoms with Crippen molar-refractivity contribution in [1.29, 1.82) is 0 Å². The summed E-state index contributed by atoms with van der Waals surface area (Å²) >= 11 is 5.04. The van der Waals surface area contributed by atoms with Gasteiger partial charge in [-0.1, -0.05) is 0 Å². The maximum Gasteiger partial charge on any atom is 0.416 e. The molecule has 0 unspecified atom stereocenters. The zero-order chi connectivity index (χ0) is 20.2. The Kier molecular flexibility index (Phi) is 6.19. The standard InChI is InChI=1S/C17H15F6N3S/c18-16(19,20)11-7-10(8-12(9-11)17(21,22)23)5-6-25-15(27)26-14-3-1-13(24)2-4-14/h1-4,7-9H,5-6,24H2,(H2,25,26,27). The van der Waals surface area contributed by atoms with E-state index in [0.29, 0.717) is 23.5 Å². The van der Waals surface area contributed by atoms with Crippen LogP contribution in [0.2, 0.25) is 0 Å². The van der Waals surface area contributed by atoms with Gasteiger partial charge in [-0.3, -0.25) is 0 Å². The fraction of sp³-hybridized carbons (Fsp3) is 0.235. The number of nitrogens with two attached hydrogens (primary N) is 1. The van der Waals surface area contributed by atoms with Gasteiger partial charge < -0.3 is 16.4 Å². The summed E-state index contributed by atoms with van der Waals surface area (Å²) in [6, 6.07) is 8.14. The van der Waals surface area contributed by atoms with Crippen molar-refractivity contribution in [2.24, 2.45) is 0 Å². The highest BCUT2D eigenvalue weighted by molar-refractivity contribution is 7.80. The molecule has 0 saturated heterocycles. The summed E-state index contributed by atoms with van der Waals surface area (Å²) < 4.78 is 77.0. The van der Waals surface area contributed by atoms with Gasteiger partial charge in [-0.2, -0.15) is 26.3 Å². The summed E-state index contributed by atoms with van der Waals surface area (Å²) in [5, 5.41) is 5.75. The highest BCUT2D eigenvalue weighted by Gasteiger charge is 2.36. The van der Waals surface area contributed by atoms with E-state index in [1.54, 1.807) is 24.3 Å². The first-order valence-electron chi connectivity index (χ1n) is 7.64. The van der Waals surface area contributed by atoms with Gasteiger partial charge in [-0.25, -0.2) is 0 Å². The van der Waals surface area contributed by atoms with E-state index in [1.807, 2.05) is 0 Å². The molecule has 0 heterocycles. The number of hydrogen-bond acceptors (Lipinski definition) is 2. The monoisotopic (exact) mass is 407 g/mol. The van der Waals surface area contributed by atoms with E-state index in [9.17, 15) is 26.3 Å². The fourth-order valence-electron chi connectivity index (χ4n) is 2.23. The second kappa shape index (κ2) is 8.03. The molecule has 3 nitrogen and oxygen atoms in total. The van der Waals surface area contributed by atoms with Crippen molar-refractivity contribution in [3.63, 3.8) is 0 Å². The topological polar surface area (TPSA) is 50.1 Å². The quantitative estimate of drug-likeness (QED) is 0.386. The van der Waals surface area contributed by atoms with Crippen LogP contribution in [0.3, 0.4) is 0 Å². The van der Waals surface area contributed by atoms with Crippen LogP contribution in [0.15, 0.2) is 42.5 Å². The Morgan fingerprint density at radius 1 is 0.889 bits per heavy atom. The van der Waals surface area contributed by atoms with Crippen LogP contribution in [-0.4, -0.2) is 11.7 Å². The van der Waals surface area contributed by atoms with Crippen LogP contribution in [0.1, 0.15) is 16.7 Å².